The Kier molecular flexibility index (Phi) is 4.83. The van der Waals surface area contributed by atoms with Gasteiger partial charge in [0.25, 0.3) is 11.8 Å². The smallest absolute Gasteiger partial charge is 0.254 e. The van der Waals surface area contributed by atoms with Crippen LogP contribution in [0.3, 0.4) is 0 Å². The van der Waals surface area contributed by atoms with Gasteiger partial charge in [0.1, 0.15) is 11.1 Å². The van der Waals surface area contributed by atoms with Crippen LogP contribution in [0.4, 0.5) is 5.00 Å². The normalized spacial score (nSPS) is 19.8. The Balaban J connectivity index is 2.50. The number of rotatable bonds is 3. The molecule has 2 rings (SSSR count). The molecule has 1 aromatic heterocycles. The third-order valence-electron chi connectivity index (χ3n) is 4.24. The molecule has 0 radical (unpaired) electrons. The summed E-state index contributed by atoms with van der Waals surface area (Å²) < 4.78 is 6.14. The van der Waals surface area contributed by atoms with E-state index in [4.69, 9.17) is 10.5 Å². The zero-order chi connectivity index (χ0) is 19.4. The third-order valence-corrected chi connectivity index (χ3v) is 5.69. The van der Waals surface area contributed by atoms with Gasteiger partial charge in [-0.25, -0.2) is 0 Å². The molecule has 1 aromatic rings. The Morgan fingerprint density at radius 1 is 1.28 bits per heavy atom. The first-order chi connectivity index (χ1) is 11.2. The number of hydrogen-bond acceptors (Lipinski definition) is 5. The summed E-state index contributed by atoms with van der Waals surface area (Å²) in [6.45, 7) is 13.1. The number of primary amides is 1. The topological polar surface area (TPSA) is 102 Å². The molecule has 0 unspecified atom stereocenters. The van der Waals surface area contributed by atoms with Crippen molar-refractivity contribution in [1.82, 2.24) is 0 Å². The van der Waals surface area contributed by atoms with Crippen molar-refractivity contribution in [2.24, 2.45) is 11.1 Å². The number of nitrogens with two attached hydrogens (primary N) is 1. The Hall–Kier alpha value is -1.44. The molecule has 4 N–H and O–H groups in total. The lowest BCUT2D eigenvalue weighted by atomic mass is 9.86. The minimum absolute atomic E-state index is 0.318. The zero-order valence-electron chi connectivity index (χ0n) is 15.9. The molecule has 1 aliphatic rings. The van der Waals surface area contributed by atoms with Gasteiger partial charge in [0.15, 0.2) is 0 Å². The van der Waals surface area contributed by atoms with Gasteiger partial charge in [-0.1, -0.05) is 20.8 Å². The molecule has 0 saturated carbocycles. The fraction of sp³-hybridized carbons (Fsp3) is 0.667. The first-order valence-corrected chi connectivity index (χ1v) is 9.12. The average molecular weight is 368 g/mol. The number of carbonyl (C=O) groups is 2. The highest BCUT2D eigenvalue weighted by Gasteiger charge is 2.43. The maximum Gasteiger partial charge on any atom is 0.254 e. The van der Waals surface area contributed by atoms with Crippen molar-refractivity contribution >= 4 is 28.2 Å². The molecule has 1 atom stereocenters. The second kappa shape index (κ2) is 6.07. The number of ether oxygens (including phenoxy) is 1. The van der Waals surface area contributed by atoms with E-state index in [-0.39, 0.29) is 0 Å². The van der Waals surface area contributed by atoms with Crippen LogP contribution >= 0.6 is 11.3 Å². The molecule has 1 aliphatic heterocycles. The van der Waals surface area contributed by atoms with E-state index in [0.29, 0.717) is 17.0 Å². The first-order valence-electron chi connectivity index (χ1n) is 8.31. The quantitative estimate of drug-likeness (QED) is 0.763. The number of aliphatic hydroxyl groups excluding tert-OH is 1. The van der Waals surface area contributed by atoms with Crippen molar-refractivity contribution in [1.29, 1.82) is 0 Å². The zero-order valence-corrected chi connectivity index (χ0v) is 16.8. The van der Waals surface area contributed by atoms with E-state index in [1.54, 1.807) is 20.8 Å². The Bertz CT molecular complexity index is 713. The highest BCUT2D eigenvalue weighted by atomic mass is 32.1. The predicted octanol–water partition coefficient (Wildman–Crippen LogP) is 2.78. The molecule has 0 aliphatic carbocycles. The first kappa shape index (κ1) is 19.9. The summed E-state index contributed by atoms with van der Waals surface area (Å²) in [5, 5.41) is 13.3. The molecule has 0 saturated heterocycles. The number of nitrogens with one attached hydrogen (secondary N) is 1. The summed E-state index contributed by atoms with van der Waals surface area (Å²) in [6.07, 6.45) is -0.675. The lowest BCUT2D eigenvalue weighted by Gasteiger charge is -2.41. The minimum atomic E-state index is -1.20. The standard InChI is InChI=1S/C18H28N2O4S/c1-16(2,3)11(21)14(23)20-15-10(13(19)22)9-8-17(4,5)24-18(6,7)12(9)25-15/h11,21H,8H2,1-7H3,(H2,19,22)(H,20,23)/t11-/m1/s1. The number of carbonyl (C=O) groups excluding carboxylic acids is 2. The van der Waals surface area contributed by atoms with E-state index in [1.165, 1.54) is 11.3 Å². The maximum atomic E-state index is 12.4. The molecule has 7 heteroatoms. The molecule has 140 valence electrons. The molecule has 2 amide bonds. The molecule has 2 heterocycles. The fourth-order valence-electron chi connectivity index (χ4n) is 3.24. The Morgan fingerprint density at radius 2 is 1.84 bits per heavy atom. The molecule has 0 aromatic carbocycles. The van der Waals surface area contributed by atoms with Gasteiger partial charge >= 0.3 is 0 Å². The monoisotopic (exact) mass is 368 g/mol. The Morgan fingerprint density at radius 3 is 2.32 bits per heavy atom. The summed E-state index contributed by atoms with van der Waals surface area (Å²) in [5.41, 5.74) is 5.09. The maximum absolute atomic E-state index is 12.4. The SMILES string of the molecule is CC1(C)Cc2c(sc(NC(=O)[C@@H](O)C(C)(C)C)c2C(N)=O)C(C)(C)O1. The van der Waals surface area contributed by atoms with Gasteiger partial charge in [-0.05, 0) is 38.7 Å². The van der Waals surface area contributed by atoms with Crippen molar-refractivity contribution < 1.29 is 19.4 Å². The van der Waals surface area contributed by atoms with Gasteiger partial charge in [-0.2, -0.15) is 0 Å². The second-order valence-corrected chi connectivity index (χ2v) is 9.81. The van der Waals surface area contributed by atoms with Crippen LogP contribution in [0, 0.1) is 5.41 Å². The molecule has 0 spiro atoms. The van der Waals surface area contributed by atoms with Crippen molar-refractivity contribution in [3.05, 3.63) is 16.0 Å². The van der Waals surface area contributed by atoms with Crippen molar-refractivity contribution in [3.63, 3.8) is 0 Å². The number of thiophene rings is 1. The van der Waals surface area contributed by atoms with Crippen LogP contribution in [0.2, 0.25) is 0 Å². The lowest BCUT2D eigenvalue weighted by Crippen LogP contribution is -2.42. The highest BCUT2D eigenvalue weighted by Crippen LogP contribution is 2.48. The van der Waals surface area contributed by atoms with Crippen LogP contribution in [0.1, 0.15) is 69.3 Å². The van der Waals surface area contributed by atoms with E-state index in [0.717, 1.165) is 10.4 Å². The molecule has 0 fully saturated rings. The van der Waals surface area contributed by atoms with Crippen LogP contribution in [0.15, 0.2) is 0 Å². The molecule has 6 nitrogen and oxygen atoms in total. The summed E-state index contributed by atoms with van der Waals surface area (Å²) in [5.74, 6) is -1.14. The average Bonchev–Trinajstić information content (AvgIpc) is 2.73. The Labute approximate surface area is 152 Å². The van der Waals surface area contributed by atoms with Gasteiger partial charge in [0, 0.05) is 11.3 Å². The summed E-state index contributed by atoms with van der Waals surface area (Å²) in [4.78, 5) is 25.4. The summed E-state index contributed by atoms with van der Waals surface area (Å²) >= 11 is 1.29. The lowest BCUT2D eigenvalue weighted by molar-refractivity contribution is -0.135. The number of aliphatic hydroxyl groups is 1. The van der Waals surface area contributed by atoms with Crippen LogP contribution in [0.25, 0.3) is 0 Å². The molecular weight excluding hydrogens is 340 g/mol. The molecular formula is C18H28N2O4S. The van der Waals surface area contributed by atoms with E-state index in [1.807, 2.05) is 27.7 Å². The molecule has 25 heavy (non-hydrogen) atoms. The van der Waals surface area contributed by atoms with Gasteiger partial charge in [0.2, 0.25) is 0 Å². The van der Waals surface area contributed by atoms with Gasteiger partial charge < -0.3 is 20.9 Å². The van der Waals surface area contributed by atoms with Crippen LogP contribution in [-0.4, -0.2) is 28.6 Å². The fourth-order valence-corrected chi connectivity index (χ4v) is 4.51. The van der Waals surface area contributed by atoms with Crippen molar-refractivity contribution in [2.45, 2.75) is 72.2 Å². The largest absolute Gasteiger partial charge is 0.383 e. The van der Waals surface area contributed by atoms with Crippen LogP contribution in [-0.2, 0) is 21.6 Å². The molecule has 0 bridgehead atoms. The van der Waals surface area contributed by atoms with Crippen LogP contribution < -0.4 is 11.1 Å². The van der Waals surface area contributed by atoms with E-state index >= 15 is 0 Å². The van der Waals surface area contributed by atoms with E-state index < -0.39 is 34.5 Å². The van der Waals surface area contributed by atoms with Crippen molar-refractivity contribution in [3.8, 4) is 0 Å². The number of anilines is 1. The van der Waals surface area contributed by atoms with Gasteiger partial charge in [-0.15, -0.1) is 11.3 Å². The van der Waals surface area contributed by atoms with Gasteiger partial charge in [-0.3, -0.25) is 9.59 Å². The summed E-state index contributed by atoms with van der Waals surface area (Å²) in [6, 6.07) is 0. The minimum Gasteiger partial charge on any atom is -0.383 e. The van der Waals surface area contributed by atoms with Gasteiger partial charge in [0.05, 0.1) is 16.8 Å². The van der Waals surface area contributed by atoms with E-state index in [2.05, 4.69) is 5.32 Å². The third kappa shape index (κ3) is 3.88. The van der Waals surface area contributed by atoms with E-state index in [9.17, 15) is 14.7 Å². The summed E-state index contributed by atoms with van der Waals surface area (Å²) in [7, 11) is 0. The second-order valence-electron chi connectivity index (χ2n) is 8.78. The number of amides is 2. The highest BCUT2D eigenvalue weighted by molar-refractivity contribution is 7.17. The number of fused-ring (bicyclic) bond motifs is 1. The number of hydrogen-bond donors (Lipinski definition) is 3. The van der Waals surface area contributed by atoms with Crippen molar-refractivity contribution in [2.75, 3.05) is 5.32 Å². The predicted molar refractivity (Wildman–Crippen MR) is 98.8 cm³/mol. The van der Waals surface area contributed by atoms with Crippen LogP contribution in [0.5, 0.6) is 0 Å².